The fraction of sp³-hybridized carbons (Fsp3) is 0.273. The molecule has 1 aliphatic rings. The Labute approximate surface area is 210 Å². The highest BCUT2D eigenvalue weighted by Crippen LogP contribution is 2.38. The summed E-state index contributed by atoms with van der Waals surface area (Å²) < 4.78 is 48.7. The van der Waals surface area contributed by atoms with Crippen LogP contribution < -0.4 is 0 Å². The normalized spacial score (nSPS) is 23.5. The molecule has 1 aliphatic heterocycles. The van der Waals surface area contributed by atoms with E-state index in [-0.39, 0.29) is 28.5 Å². The third-order valence-corrected chi connectivity index (χ3v) is 6.10. The second kappa shape index (κ2) is 9.90. The predicted octanol–water partition coefficient (Wildman–Crippen LogP) is 1.25. The lowest BCUT2D eigenvalue weighted by molar-refractivity contribution is -0.384. The van der Waals surface area contributed by atoms with Crippen LogP contribution in [-0.4, -0.2) is 74.9 Å². The fourth-order valence-corrected chi connectivity index (χ4v) is 4.27. The minimum absolute atomic E-state index is 0.00337. The number of ether oxygens (including phenoxy) is 1. The summed E-state index contributed by atoms with van der Waals surface area (Å²) >= 11 is 0. The zero-order chi connectivity index (χ0) is 27.1. The summed E-state index contributed by atoms with van der Waals surface area (Å²) in [6, 6.07) is 5.57. The zero-order valence-electron chi connectivity index (χ0n) is 19.0. The van der Waals surface area contributed by atoms with Gasteiger partial charge in [-0.2, -0.15) is 5.10 Å². The first-order valence-corrected chi connectivity index (χ1v) is 11.0. The third kappa shape index (κ3) is 4.38. The SMILES string of the molecule is O=[N+]([O-])c1cccc(-n2ncnc2[C@@H]2O[C@H](CO)[C@H](O)[C@H](n3cc(-c4cc(F)c(F)c(F)c4)nn3)[C@H]2O)c1. The van der Waals surface area contributed by atoms with Gasteiger partial charge in [0.05, 0.1) is 23.4 Å². The molecule has 0 saturated carbocycles. The Balaban J connectivity index is 1.52. The molecule has 0 unspecified atom stereocenters. The van der Waals surface area contributed by atoms with Crippen LogP contribution in [0.3, 0.4) is 0 Å². The van der Waals surface area contributed by atoms with E-state index < -0.39 is 59.4 Å². The van der Waals surface area contributed by atoms with Crippen LogP contribution in [0.2, 0.25) is 0 Å². The van der Waals surface area contributed by atoms with Crippen LogP contribution in [0.1, 0.15) is 18.0 Å². The smallest absolute Gasteiger partial charge is 0.271 e. The van der Waals surface area contributed by atoms with Crippen molar-refractivity contribution in [1.82, 2.24) is 29.8 Å². The molecule has 0 aliphatic carbocycles. The largest absolute Gasteiger partial charge is 0.394 e. The van der Waals surface area contributed by atoms with Gasteiger partial charge in [-0.25, -0.2) is 27.5 Å². The summed E-state index contributed by atoms with van der Waals surface area (Å²) in [5.41, 5.74) is -0.233. The summed E-state index contributed by atoms with van der Waals surface area (Å²) in [6.45, 7) is -0.679. The van der Waals surface area contributed by atoms with Crippen molar-refractivity contribution in [2.24, 2.45) is 0 Å². The maximum absolute atomic E-state index is 13.7. The van der Waals surface area contributed by atoms with Crippen LogP contribution in [0.5, 0.6) is 0 Å². The summed E-state index contributed by atoms with van der Waals surface area (Å²) in [5, 5.41) is 54.8. The maximum atomic E-state index is 13.7. The van der Waals surface area contributed by atoms with Crippen molar-refractivity contribution in [1.29, 1.82) is 0 Å². The van der Waals surface area contributed by atoms with E-state index >= 15 is 0 Å². The van der Waals surface area contributed by atoms with Gasteiger partial charge in [-0.15, -0.1) is 5.10 Å². The molecule has 13 nitrogen and oxygen atoms in total. The minimum atomic E-state index is -1.65. The number of nitrogens with zero attached hydrogens (tertiary/aromatic N) is 7. The van der Waals surface area contributed by atoms with Crippen LogP contribution in [0.25, 0.3) is 16.9 Å². The van der Waals surface area contributed by atoms with Gasteiger partial charge in [0.2, 0.25) is 0 Å². The van der Waals surface area contributed by atoms with Gasteiger partial charge in [0.15, 0.2) is 23.3 Å². The summed E-state index contributed by atoms with van der Waals surface area (Å²) in [7, 11) is 0. The lowest BCUT2D eigenvalue weighted by atomic mass is 9.92. The summed E-state index contributed by atoms with van der Waals surface area (Å²) in [4.78, 5) is 14.7. The molecule has 4 aromatic rings. The highest BCUT2D eigenvalue weighted by atomic mass is 19.2. The highest BCUT2D eigenvalue weighted by Gasteiger charge is 2.48. The van der Waals surface area contributed by atoms with E-state index in [1.54, 1.807) is 0 Å². The molecule has 2 aromatic heterocycles. The second-order valence-electron chi connectivity index (χ2n) is 8.39. The van der Waals surface area contributed by atoms with Crippen molar-refractivity contribution in [3.05, 3.63) is 82.3 Å². The average Bonchev–Trinajstić information content (AvgIpc) is 3.58. The van der Waals surface area contributed by atoms with Crippen molar-refractivity contribution in [3.8, 4) is 16.9 Å². The van der Waals surface area contributed by atoms with Crippen molar-refractivity contribution < 1.29 is 38.2 Å². The number of halogens is 3. The predicted molar refractivity (Wildman–Crippen MR) is 119 cm³/mol. The first-order chi connectivity index (χ1) is 18.2. The molecule has 0 spiro atoms. The Kier molecular flexibility index (Phi) is 6.62. The fourth-order valence-electron chi connectivity index (χ4n) is 4.27. The molecular weight excluding hydrogens is 515 g/mol. The monoisotopic (exact) mass is 533 g/mol. The van der Waals surface area contributed by atoms with E-state index in [1.807, 2.05) is 0 Å². The van der Waals surface area contributed by atoms with Crippen LogP contribution in [0.15, 0.2) is 48.9 Å². The number of benzene rings is 2. The van der Waals surface area contributed by atoms with E-state index in [4.69, 9.17) is 4.74 Å². The van der Waals surface area contributed by atoms with E-state index in [2.05, 4.69) is 20.4 Å². The first kappa shape index (κ1) is 25.4. The zero-order valence-corrected chi connectivity index (χ0v) is 19.0. The topological polar surface area (TPSA) is 174 Å². The molecule has 5 atom stereocenters. The molecule has 198 valence electrons. The van der Waals surface area contributed by atoms with Crippen LogP contribution in [-0.2, 0) is 4.74 Å². The number of nitro benzene ring substituents is 1. The van der Waals surface area contributed by atoms with Gasteiger partial charge in [-0.05, 0) is 18.2 Å². The average molecular weight is 533 g/mol. The van der Waals surface area contributed by atoms with Crippen LogP contribution >= 0.6 is 0 Å². The molecule has 0 radical (unpaired) electrons. The molecule has 0 amide bonds. The molecule has 3 N–H and O–H groups in total. The number of hydrogen-bond acceptors (Lipinski definition) is 10. The number of non-ortho nitro benzene ring substituents is 1. The molecule has 2 aromatic carbocycles. The molecule has 1 saturated heterocycles. The molecule has 1 fully saturated rings. The van der Waals surface area contributed by atoms with E-state index in [9.17, 15) is 38.6 Å². The first-order valence-electron chi connectivity index (χ1n) is 11.0. The molecule has 3 heterocycles. The van der Waals surface area contributed by atoms with Crippen molar-refractivity contribution >= 4 is 5.69 Å². The lowest BCUT2D eigenvalue weighted by Gasteiger charge is -2.41. The molecule has 16 heteroatoms. The molecule has 38 heavy (non-hydrogen) atoms. The third-order valence-electron chi connectivity index (χ3n) is 6.10. The molecule has 0 bridgehead atoms. The summed E-state index contributed by atoms with van der Waals surface area (Å²) in [5.74, 6) is -4.54. The number of hydrogen-bond donors (Lipinski definition) is 3. The standard InChI is InChI=1S/C22H18F3N7O6/c23-13-4-10(5-14(24)17(13)25)15-7-30(29-28-15)18-19(34)16(8-33)38-21(20(18)35)22-26-9-27-31(22)11-2-1-3-12(6-11)32(36)37/h1-7,9,16,18-21,33-35H,8H2/t16-,18+,19+,20-,21-/m1/s1. The van der Waals surface area contributed by atoms with E-state index in [0.717, 1.165) is 11.0 Å². The molecular formula is C22H18F3N7O6. The van der Waals surface area contributed by atoms with Crippen LogP contribution in [0, 0.1) is 27.6 Å². The Bertz CT molecular complexity index is 1470. The van der Waals surface area contributed by atoms with Gasteiger partial charge in [-0.1, -0.05) is 11.3 Å². The Morgan fingerprint density at radius 1 is 1.11 bits per heavy atom. The lowest BCUT2D eigenvalue weighted by Crippen LogP contribution is -2.53. The van der Waals surface area contributed by atoms with Crippen molar-refractivity contribution in [2.45, 2.75) is 30.5 Å². The van der Waals surface area contributed by atoms with Crippen molar-refractivity contribution in [2.75, 3.05) is 6.61 Å². The number of aliphatic hydroxyl groups is 3. The Hall–Kier alpha value is -4.25. The van der Waals surface area contributed by atoms with Gasteiger partial charge in [-0.3, -0.25) is 10.1 Å². The maximum Gasteiger partial charge on any atom is 0.271 e. The van der Waals surface area contributed by atoms with Crippen molar-refractivity contribution in [3.63, 3.8) is 0 Å². The number of nitro groups is 1. The number of aromatic nitrogens is 6. The quantitative estimate of drug-likeness (QED) is 0.186. The molecule has 5 rings (SSSR count). The number of rotatable bonds is 6. The van der Waals surface area contributed by atoms with Gasteiger partial charge >= 0.3 is 0 Å². The van der Waals surface area contributed by atoms with Gasteiger partial charge in [0.1, 0.15) is 42.5 Å². The number of aliphatic hydroxyl groups excluding tert-OH is 3. The Morgan fingerprint density at radius 2 is 1.84 bits per heavy atom. The van der Waals surface area contributed by atoms with E-state index in [1.165, 1.54) is 35.1 Å². The van der Waals surface area contributed by atoms with E-state index in [0.29, 0.717) is 12.1 Å². The minimum Gasteiger partial charge on any atom is -0.394 e. The van der Waals surface area contributed by atoms with Crippen LogP contribution in [0.4, 0.5) is 18.9 Å². The van der Waals surface area contributed by atoms with Gasteiger partial charge in [0, 0.05) is 17.7 Å². The highest BCUT2D eigenvalue weighted by molar-refractivity contribution is 5.58. The summed E-state index contributed by atoms with van der Waals surface area (Å²) in [6.07, 6.45) is -3.40. The van der Waals surface area contributed by atoms with Gasteiger partial charge < -0.3 is 20.1 Å². The van der Waals surface area contributed by atoms with Gasteiger partial charge in [0.25, 0.3) is 5.69 Å². The second-order valence-corrected chi connectivity index (χ2v) is 8.39. The Morgan fingerprint density at radius 3 is 2.53 bits per heavy atom.